The number of anilines is 1. The van der Waals surface area contributed by atoms with E-state index in [-0.39, 0.29) is 17.9 Å². The number of pyridine rings is 1. The van der Waals surface area contributed by atoms with Crippen LogP contribution in [0.1, 0.15) is 60.1 Å². The van der Waals surface area contributed by atoms with Gasteiger partial charge in [-0.2, -0.15) is 0 Å². The van der Waals surface area contributed by atoms with Crippen LogP contribution in [0.5, 0.6) is 0 Å². The van der Waals surface area contributed by atoms with Gasteiger partial charge in [0.25, 0.3) is 5.91 Å². The lowest BCUT2D eigenvalue weighted by molar-refractivity contribution is -0.119. The fourth-order valence-electron chi connectivity index (χ4n) is 4.51. The van der Waals surface area contributed by atoms with Crippen molar-refractivity contribution >= 4 is 40.1 Å². The summed E-state index contributed by atoms with van der Waals surface area (Å²) in [5, 5.41) is 3.52. The maximum Gasteiger partial charge on any atom is 0.339 e. The molecular formula is C30H28N2O4. The van der Waals surface area contributed by atoms with Gasteiger partial charge in [0.2, 0.25) is 0 Å². The first-order valence-electron chi connectivity index (χ1n) is 12.0. The van der Waals surface area contributed by atoms with Gasteiger partial charge in [-0.3, -0.25) is 4.79 Å². The predicted octanol–water partition coefficient (Wildman–Crippen LogP) is 6.41. The first-order valence-corrected chi connectivity index (χ1v) is 12.0. The molecule has 6 heteroatoms. The van der Waals surface area contributed by atoms with Gasteiger partial charge in [0, 0.05) is 11.1 Å². The van der Waals surface area contributed by atoms with Crippen molar-refractivity contribution in [1.82, 2.24) is 4.98 Å². The van der Waals surface area contributed by atoms with Crippen molar-refractivity contribution in [1.29, 1.82) is 0 Å². The van der Waals surface area contributed by atoms with Crippen molar-refractivity contribution in [3.63, 3.8) is 0 Å². The highest BCUT2D eigenvalue weighted by atomic mass is 16.5. The van der Waals surface area contributed by atoms with Crippen LogP contribution >= 0.6 is 0 Å². The Morgan fingerprint density at radius 2 is 1.81 bits per heavy atom. The van der Waals surface area contributed by atoms with Crippen LogP contribution in [-0.2, 0) is 21.4 Å². The number of carbonyl (C=O) groups is 2. The third kappa shape index (κ3) is 4.80. The molecule has 0 radical (unpaired) electrons. The number of para-hydroxylation sites is 1. The van der Waals surface area contributed by atoms with Crippen molar-refractivity contribution in [2.75, 3.05) is 11.9 Å². The van der Waals surface area contributed by atoms with Gasteiger partial charge in [-0.1, -0.05) is 51.1 Å². The largest absolute Gasteiger partial charge is 0.465 e. The molecular weight excluding hydrogens is 452 g/mol. The molecule has 0 aliphatic heterocycles. The highest BCUT2D eigenvalue weighted by molar-refractivity contribution is 6.08. The molecule has 1 aliphatic rings. The fourth-order valence-corrected chi connectivity index (χ4v) is 4.51. The molecule has 0 unspecified atom stereocenters. The van der Waals surface area contributed by atoms with Crippen molar-refractivity contribution in [2.45, 2.75) is 39.0 Å². The first-order chi connectivity index (χ1) is 17.3. The monoisotopic (exact) mass is 480 g/mol. The molecule has 2 aromatic carbocycles. The minimum Gasteiger partial charge on any atom is -0.465 e. The SMILES string of the molecule is CC(C)(C)c1ccc(NC(=O)COC(=O)c2c3c(nc4ccccc24)C(=Cc2ccco2)CC3)cc1. The van der Waals surface area contributed by atoms with Crippen LogP contribution in [0.3, 0.4) is 0 Å². The van der Waals surface area contributed by atoms with Crippen molar-refractivity contribution < 1.29 is 18.7 Å². The molecule has 2 aromatic heterocycles. The van der Waals surface area contributed by atoms with E-state index in [1.54, 1.807) is 6.26 Å². The van der Waals surface area contributed by atoms with Gasteiger partial charge in [-0.05, 0) is 71.4 Å². The molecule has 1 aliphatic carbocycles. The number of hydrogen-bond acceptors (Lipinski definition) is 5. The predicted molar refractivity (Wildman–Crippen MR) is 141 cm³/mol. The van der Waals surface area contributed by atoms with Crippen molar-refractivity contribution in [3.05, 3.63) is 95.1 Å². The number of allylic oxidation sites excluding steroid dienone is 1. The third-order valence-electron chi connectivity index (χ3n) is 6.37. The highest BCUT2D eigenvalue weighted by Gasteiger charge is 2.28. The molecule has 2 heterocycles. The summed E-state index contributed by atoms with van der Waals surface area (Å²) >= 11 is 0. The number of aromatic nitrogens is 1. The van der Waals surface area contributed by atoms with E-state index in [2.05, 4.69) is 26.1 Å². The second kappa shape index (κ2) is 9.46. The number of benzene rings is 2. The van der Waals surface area contributed by atoms with E-state index < -0.39 is 5.97 Å². The lowest BCUT2D eigenvalue weighted by atomic mass is 9.87. The molecule has 5 rings (SSSR count). The van der Waals surface area contributed by atoms with Crippen molar-refractivity contribution in [2.24, 2.45) is 0 Å². The molecule has 0 saturated carbocycles. The standard InChI is InChI=1S/C30H28N2O4/c1-30(2,3)20-11-13-21(14-12-20)31-26(33)18-36-29(34)27-23-8-4-5-9-25(23)32-28-19(10-15-24(27)28)17-22-7-6-16-35-22/h4-9,11-14,16-17H,10,15,18H2,1-3H3,(H,31,33). The normalized spacial score (nSPS) is 14.1. The maximum atomic E-state index is 13.3. The van der Waals surface area contributed by atoms with E-state index in [0.717, 1.165) is 34.4 Å². The Hall–Kier alpha value is -4.19. The summed E-state index contributed by atoms with van der Waals surface area (Å²) < 4.78 is 11.0. The second-order valence-electron chi connectivity index (χ2n) is 9.97. The zero-order chi connectivity index (χ0) is 25.3. The molecule has 0 atom stereocenters. The number of rotatable bonds is 5. The highest BCUT2D eigenvalue weighted by Crippen LogP contribution is 2.37. The average molecular weight is 481 g/mol. The van der Waals surface area contributed by atoms with E-state index in [1.165, 1.54) is 5.56 Å². The summed E-state index contributed by atoms with van der Waals surface area (Å²) in [6.45, 7) is 6.03. The molecule has 6 nitrogen and oxygen atoms in total. The average Bonchev–Trinajstić information content (AvgIpc) is 3.51. The number of nitrogens with zero attached hydrogens (tertiary/aromatic N) is 1. The maximum absolute atomic E-state index is 13.3. The molecule has 0 saturated heterocycles. The third-order valence-corrected chi connectivity index (χ3v) is 6.37. The molecule has 0 fully saturated rings. The summed E-state index contributed by atoms with van der Waals surface area (Å²) in [5.41, 5.74) is 5.67. The van der Waals surface area contributed by atoms with E-state index in [9.17, 15) is 9.59 Å². The Morgan fingerprint density at radius 1 is 1.03 bits per heavy atom. The molecule has 1 N–H and O–H groups in total. The van der Waals surface area contributed by atoms with Crippen LogP contribution in [-0.4, -0.2) is 23.5 Å². The minimum atomic E-state index is -0.526. The number of fused-ring (bicyclic) bond motifs is 2. The zero-order valence-corrected chi connectivity index (χ0v) is 20.6. The Kier molecular flexibility index (Phi) is 6.18. The summed E-state index contributed by atoms with van der Waals surface area (Å²) in [7, 11) is 0. The summed E-state index contributed by atoms with van der Waals surface area (Å²) in [5.74, 6) is -0.174. The van der Waals surface area contributed by atoms with E-state index in [0.29, 0.717) is 23.2 Å². The van der Waals surface area contributed by atoms with E-state index in [1.807, 2.05) is 66.7 Å². The molecule has 0 spiro atoms. The lowest BCUT2D eigenvalue weighted by Crippen LogP contribution is -2.22. The summed E-state index contributed by atoms with van der Waals surface area (Å²) in [4.78, 5) is 30.7. The number of nitrogens with one attached hydrogen (secondary N) is 1. The molecule has 1 amide bonds. The van der Waals surface area contributed by atoms with E-state index in [4.69, 9.17) is 14.1 Å². The van der Waals surface area contributed by atoms with Crippen LogP contribution < -0.4 is 5.32 Å². The molecule has 182 valence electrons. The number of amides is 1. The van der Waals surface area contributed by atoms with Crippen LogP contribution in [0.4, 0.5) is 5.69 Å². The van der Waals surface area contributed by atoms with Gasteiger partial charge < -0.3 is 14.5 Å². The van der Waals surface area contributed by atoms with Crippen LogP contribution in [0.15, 0.2) is 71.3 Å². The molecule has 0 bridgehead atoms. The summed E-state index contributed by atoms with van der Waals surface area (Å²) in [6, 6.07) is 18.9. The van der Waals surface area contributed by atoms with E-state index >= 15 is 0 Å². The molecule has 4 aromatic rings. The van der Waals surface area contributed by atoms with Gasteiger partial charge in [0.05, 0.1) is 23.0 Å². The zero-order valence-electron chi connectivity index (χ0n) is 20.6. The van der Waals surface area contributed by atoms with Crippen LogP contribution in [0.25, 0.3) is 22.6 Å². The van der Waals surface area contributed by atoms with Crippen molar-refractivity contribution in [3.8, 4) is 0 Å². The minimum absolute atomic E-state index is 0.0264. The van der Waals surface area contributed by atoms with Gasteiger partial charge >= 0.3 is 5.97 Å². The summed E-state index contributed by atoms with van der Waals surface area (Å²) in [6.07, 6.45) is 4.99. The lowest BCUT2D eigenvalue weighted by Gasteiger charge is -2.19. The Labute approximate surface area is 210 Å². The Bertz CT molecular complexity index is 1460. The Morgan fingerprint density at radius 3 is 2.53 bits per heavy atom. The number of carbonyl (C=O) groups excluding carboxylic acids is 2. The second-order valence-corrected chi connectivity index (χ2v) is 9.97. The number of esters is 1. The van der Waals surface area contributed by atoms with Gasteiger partial charge in [0.1, 0.15) is 5.76 Å². The first kappa shape index (κ1) is 23.5. The topological polar surface area (TPSA) is 81.4 Å². The van der Waals surface area contributed by atoms with Crippen LogP contribution in [0, 0.1) is 0 Å². The molecule has 36 heavy (non-hydrogen) atoms. The number of ether oxygens (including phenoxy) is 1. The smallest absolute Gasteiger partial charge is 0.339 e. The van der Waals surface area contributed by atoms with Gasteiger partial charge in [-0.25, -0.2) is 9.78 Å². The van der Waals surface area contributed by atoms with Crippen LogP contribution in [0.2, 0.25) is 0 Å². The van der Waals surface area contributed by atoms with Gasteiger partial charge in [0.15, 0.2) is 6.61 Å². The Balaban J connectivity index is 1.36. The van der Waals surface area contributed by atoms with Gasteiger partial charge in [-0.15, -0.1) is 0 Å². The fraction of sp³-hybridized carbons (Fsp3) is 0.233. The quantitative estimate of drug-likeness (QED) is 0.334. The number of furan rings is 1. The number of hydrogen-bond donors (Lipinski definition) is 1.